The molecule has 0 heterocycles. The zero-order chi connectivity index (χ0) is 28.2. The topological polar surface area (TPSA) is 82.7 Å². The summed E-state index contributed by atoms with van der Waals surface area (Å²) in [6, 6.07) is 12.3. The lowest BCUT2D eigenvalue weighted by Crippen LogP contribution is -2.34. The Hall–Kier alpha value is -3.30. The van der Waals surface area contributed by atoms with Gasteiger partial charge in [0.1, 0.15) is 35.0 Å². The Bertz CT molecular complexity index is 1180. The number of allylic oxidation sites excluding steroid dienone is 1. The van der Waals surface area contributed by atoms with Crippen molar-refractivity contribution in [2.24, 2.45) is 0 Å². The van der Waals surface area contributed by atoms with Crippen LogP contribution < -0.4 is 20.1 Å². The van der Waals surface area contributed by atoms with Crippen LogP contribution in [0.15, 0.2) is 65.2 Å². The van der Waals surface area contributed by atoms with Crippen molar-refractivity contribution >= 4 is 29.8 Å². The second-order valence-corrected chi connectivity index (χ2v) is 9.83. The van der Waals surface area contributed by atoms with Gasteiger partial charge in [-0.25, -0.2) is 4.39 Å². The number of aldehydes is 1. The first-order valence-corrected chi connectivity index (χ1v) is 13.7. The first kappa shape index (κ1) is 30.9. The molecule has 3 rings (SSSR count). The number of ether oxygens (including phenoxy) is 1. The Morgan fingerprint density at radius 3 is 2.47 bits per heavy atom. The zero-order valence-electron chi connectivity index (χ0n) is 23.3. The van der Waals surface area contributed by atoms with Crippen LogP contribution >= 0.6 is 11.9 Å². The van der Waals surface area contributed by atoms with E-state index in [1.807, 2.05) is 39.1 Å². The minimum atomic E-state index is -0.454. The summed E-state index contributed by atoms with van der Waals surface area (Å²) in [5.74, 6) is 0.738. The molecule has 1 saturated carbocycles. The quantitative estimate of drug-likeness (QED) is 0.107. The zero-order valence-corrected chi connectivity index (χ0v) is 24.1. The van der Waals surface area contributed by atoms with E-state index >= 15 is 0 Å². The summed E-state index contributed by atoms with van der Waals surface area (Å²) in [5.41, 5.74) is 2.34. The molecule has 1 aliphatic carbocycles. The Morgan fingerprint density at radius 2 is 1.89 bits per heavy atom. The standard InChI is InChI=1S/C27H33FN4O3S.C2H6/c1-17-9-12-23(22(28)13-17)31-26(32(4)5)24(27(34)30-20-10-11-20)25(18(2)15-33)35-21-8-6-7-19(14-21)16-36-29-3;1-2/h6-9,12-15,20,29,31H,10-11,16H2,1-5H3,(H,30,34);1-2H3/b25-18+,26-24+;. The van der Waals surface area contributed by atoms with Crippen LogP contribution in [0.5, 0.6) is 5.75 Å². The second kappa shape index (κ2) is 15.2. The molecule has 38 heavy (non-hydrogen) atoms. The van der Waals surface area contributed by atoms with E-state index in [9.17, 15) is 14.0 Å². The van der Waals surface area contributed by atoms with Crippen molar-refractivity contribution in [1.82, 2.24) is 14.9 Å². The summed E-state index contributed by atoms with van der Waals surface area (Å²) in [6.45, 7) is 7.39. The maximum absolute atomic E-state index is 14.8. The molecule has 1 fully saturated rings. The number of benzene rings is 2. The summed E-state index contributed by atoms with van der Waals surface area (Å²) in [6.07, 6.45) is 2.42. The summed E-state index contributed by atoms with van der Waals surface area (Å²) in [7, 11) is 5.33. The molecule has 0 aliphatic heterocycles. The molecule has 206 valence electrons. The van der Waals surface area contributed by atoms with Gasteiger partial charge >= 0.3 is 0 Å². The Balaban J connectivity index is 0.00000247. The number of carbonyl (C=O) groups excluding carboxylic acids is 2. The molecule has 1 amide bonds. The van der Waals surface area contributed by atoms with Gasteiger partial charge in [0, 0.05) is 31.5 Å². The van der Waals surface area contributed by atoms with Crippen molar-refractivity contribution in [2.75, 3.05) is 26.5 Å². The monoisotopic (exact) mass is 542 g/mol. The molecule has 0 spiro atoms. The van der Waals surface area contributed by atoms with Gasteiger partial charge in [0.25, 0.3) is 5.91 Å². The molecule has 7 nitrogen and oxygen atoms in total. The molecule has 0 atom stereocenters. The van der Waals surface area contributed by atoms with E-state index < -0.39 is 11.7 Å². The molecular formula is C29H39FN4O3S. The lowest BCUT2D eigenvalue weighted by molar-refractivity contribution is -0.117. The van der Waals surface area contributed by atoms with Crippen LogP contribution in [0.25, 0.3) is 0 Å². The molecule has 0 bridgehead atoms. The van der Waals surface area contributed by atoms with Crippen LogP contribution in [0.1, 0.15) is 44.7 Å². The number of rotatable bonds is 12. The van der Waals surface area contributed by atoms with Crippen molar-refractivity contribution in [3.8, 4) is 5.75 Å². The van der Waals surface area contributed by atoms with Crippen molar-refractivity contribution in [3.05, 3.63) is 82.1 Å². The van der Waals surface area contributed by atoms with E-state index in [0.29, 0.717) is 23.6 Å². The molecule has 0 unspecified atom stereocenters. The number of anilines is 1. The van der Waals surface area contributed by atoms with Gasteiger partial charge in [-0.3, -0.25) is 14.3 Å². The number of carbonyl (C=O) groups is 2. The summed E-state index contributed by atoms with van der Waals surface area (Å²) in [5, 5.41) is 6.05. The highest BCUT2D eigenvalue weighted by Crippen LogP contribution is 2.29. The molecule has 0 radical (unpaired) electrons. The Kier molecular flexibility index (Phi) is 12.4. The summed E-state index contributed by atoms with van der Waals surface area (Å²) < 4.78 is 24.0. The lowest BCUT2D eigenvalue weighted by atomic mass is 10.1. The van der Waals surface area contributed by atoms with E-state index in [-0.39, 0.29) is 28.6 Å². The number of amides is 1. The first-order valence-electron chi connectivity index (χ1n) is 12.7. The third-order valence-electron chi connectivity index (χ3n) is 5.46. The summed E-state index contributed by atoms with van der Waals surface area (Å²) >= 11 is 1.54. The predicted molar refractivity (Wildman–Crippen MR) is 154 cm³/mol. The van der Waals surface area contributed by atoms with E-state index in [4.69, 9.17) is 4.74 Å². The molecule has 0 saturated heterocycles. The van der Waals surface area contributed by atoms with Gasteiger partial charge in [-0.2, -0.15) is 0 Å². The van der Waals surface area contributed by atoms with Crippen LogP contribution in [-0.4, -0.2) is 44.3 Å². The number of nitrogens with one attached hydrogen (secondary N) is 3. The maximum Gasteiger partial charge on any atom is 0.259 e. The van der Waals surface area contributed by atoms with Gasteiger partial charge in [0.2, 0.25) is 0 Å². The molecule has 1 aliphatic rings. The smallest absolute Gasteiger partial charge is 0.259 e. The molecular weight excluding hydrogens is 503 g/mol. The van der Waals surface area contributed by atoms with E-state index in [2.05, 4.69) is 15.4 Å². The minimum absolute atomic E-state index is 0.0618. The van der Waals surface area contributed by atoms with Gasteiger partial charge in [-0.05, 0) is 69.1 Å². The molecule has 0 aromatic heterocycles. The first-order chi connectivity index (χ1) is 18.2. The average Bonchev–Trinajstić information content (AvgIpc) is 3.72. The van der Waals surface area contributed by atoms with Crippen molar-refractivity contribution < 1.29 is 18.7 Å². The maximum atomic E-state index is 14.8. The van der Waals surface area contributed by atoms with Crippen LogP contribution in [0.2, 0.25) is 0 Å². The van der Waals surface area contributed by atoms with Crippen LogP contribution in [0.4, 0.5) is 10.1 Å². The fraction of sp³-hybridized carbons (Fsp3) is 0.379. The highest BCUT2D eigenvalue weighted by molar-refractivity contribution is 7.96. The number of hydrogen-bond donors (Lipinski definition) is 3. The molecule has 9 heteroatoms. The Morgan fingerprint density at radius 1 is 1.18 bits per heavy atom. The van der Waals surface area contributed by atoms with Crippen molar-refractivity contribution in [1.29, 1.82) is 0 Å². The number of hydrogen-bond acceptors (Lipinski definition) is 7. The fourth-order valence-electron chi connectivity index (χ4n) is 3.40. The van der Waals surface area contributed by atoms with E-state index in [0.717, 1.165) is 24.0 Å². The van der Waals surface area contributed by atoms with Gasteiger partial charge in [0.15, 0.2) is 0 Å². The fourth-order valence-corrected chi connectivity index (χ4v) is 3.90. The summed E-state index contributed by atoms with van der Waals surface area (Å²) in [4.78, 5) is 27.2. The van der Waals surface area contributed by atoms with Gasteiger partial charge in [-0.1, -0.05) is 44.0 Å². The van der Waals surface area contributed by atoms with Crippen molar-refractivity contribution in [3.63, 3.8) is 0 Å². The molecule has 2 aromatic carbocycles. The normalized spacial score (nSPS) is 13.8. The predicted octanol–water partition coefficient (Wildman–Crippen LogP) is 5.54. The van der Waals surface area contributed by atoms with Gasteiger partial charge in [-0.15, -0.1) is 0 Å². The number of halogens is 1. The van der Waals surface area contributed by atoms with Crippen LogP contribution in [0.3, 0.4) is 0 Å². The van der Waals surface area contributed by atoms with Crippen molar-refractivity contribution in [2.45, 2.75) is 52.3 Å². The number of aryl methyl sites for hydroxylation is 1. The van der Waals surface area contributed by atoms with E-state index in [1.54, 1.807) is 51.0 Å². The average molecular weight is 543 g/mol. The van der Waals surface area contributed by atoms with E-state index in [1.165, 1.54) is 18.0 Å². The highest BCUT2D eigenvalue weighted by atomic mass is 32.2. The lowest BCUT2D eigenvalue weighted by Gasteiger charge is -2.25. The third-order valence-corrected chi connectivity index (χ3v) is 6.23. The Labute approximate surface area is 230 Å². The van der Waals surface area contributed by atoms with Gasteiger partial charge in [0.05, 0.1) is 5.69 Å². The van der Waals surface area contributed by atoms with Gasteiger partial charge < -0.3 is 20.3 Å². The largest absolute Gasteiger partial charge is 0.456 e. The minimum Gasteiger partial charge on any atom is -0.456 e. The van der Waals surface area contributed by atoms with Crippen LogP contribution in [0, 0.1) is 12.7 Å². The molecule has 3 N–H and O–H groups in total. The second-order valence-electron chi connectivity index (χ2n) is 8.85. The number of nitrogens with zero attached hydrogens (tertiary/aromatic N) is 1. The molecule has 2 aromatic rings. The highest BCUT2D eigenvalue weighted by Gasteiger charge is 2.31. The third kappa shape index (κ3) is 8.92. The van der Waals surface area contributed by atoms with Crippen LogP contribution in [-0.2, 0) is 15.3 Å². The SMILES string of the molecule is CC.CNSCc1cccc(OC(=C(\C)C=O)/C(C(=O)NC2CC2)=C(/Nc2ccc(C)cc2F)N(C)C)c1.